The van der Waals surface area contributed by atoms with Crippen LogP contribution < -0.4 is 0 Å². The smallest absolute Gasteiger partial charge is 0.123 e. The van der Waals surface area contributed by atoms with Crippen LogP contribution >= 0.6 is 15.9 Å². The van der Waals surface area contributed by atoms with Gasteiger partial charge in [0, 0.05) is 10.0 Å². The summed E-state index contributed by atoms with van der Waals surface area (Å²) in [7, 11) is 0. The van der Waals surface area contributed by atoms with Crippen LogP contribution in [0.15, 0.2) is 53.1 Å². The highest BCUT2D eigenvalue weighted by molar-refractivity contribution is 9.10. The van der Waals surface area contributed by atoms with Gasteiger partial charge in [-0.05, 0) is 59.4 Å². The molecule has 1 aliphatic rings. The Morgan fingerprint density at radius 3 is 2.61 bits per heavy atom. The van der Waals surface area contributed by atoms with Crippen molar-refractivity contribution >= 4 is 15.9 Å². The maximum atomic E-state index is 13.2. The molecule has 4 rings (SSSR count). The lowest BCUT2D eigenvalue weighted by Crippen LogP contribution is -2.25. The van der Waals surface area contributed by atoms with Gasteiger partial charge in [0.25, 0.3) is 0 Å². The molecule has 1 aromatic heterocycles. The van der Waals surface area contributed by atoms with Crippen LogP contribution in [0, 0.1) is 5.82 Å². The summed E-state index contributed by atoms with van der Waals surface area (Å²) in [4.78, 5) is 0. The van der Waals surface area contributed by atoms with Crippen LogP contribution in [0.1, 0.15) is 25.0 Å². The molecule has 0 spiro atoms. The van der Waals surface area contributed by atoms with Gasteiger partial charge in [-0.1, -0.05) is 35.8 Å². The van der Waals surface area contributed by atoms with Gasteiger partial charge >= 0.3 is 0 Å². The molecule has 0 radical (unpaired) electrons. The fraction of sp³-hybridized carbons (Fsp3) is 0.211. The maximum absolute atomic E-state index is 13.2. The first-order chi connectivity index (χ1) is 11.0. The van der Waals surface area contributed by atoms with E-state index < -0.39 is 0 Å². The van der Waals surface area contributed by atoms with Crippen molar-refractivity contribution in [1.82, 2.24) is 9.78 Å². The van der Waals surface area contributed by atoms with Gasteiger partial charge in [0.2, 0.25) is 0 Å². The fourth-order valence-electron chi connectivity index (χ4n) is 3.45. The summed E-state index contributed by atoms with van der Waals surface area (Å²) in [6.07, 6.45) is 2.88. The molecule has 23 heavy (non-hydrogen) atoms. The maximum Gasteiger partial charge on any atom is 0.123 e. The third kappa shape index (κ3) is 2.32. The number of hydrogen-bond donors (Lipinski definition) is 0. The van der Waals surface area contributed by atoms with E-state index in [1.165, 1.54) is 28.8 Å². The summed E-state index contributed by atoms with van der Waals surface area (Å²) >= 11 is 3.58. The van der Waals surface area contributed by atoms with E-state index in [1.807, 2.05) is 10.9 Å². The normalized spacial score (nSPS) is 15.1. The van der Waals surface area contributed by atoms with Gasteiger partial charge in [-0.3, -0.25) is 0 Å². The van der Waals surface area contributed by atoms with Crippen molar-refractivity contribution in [2.75, 3.05) is 0 Å². The van der Waals surface area contributed by atoms with E-state index in [2.05, 4.69) is 53.1 Å². The Morgan fingerprint density at radius 2 is 1.87 bits per heavy atom. The molecule has 0 fully saturated rings. The van der Waals surface area contributed by atoms with E-state index in [0.717, 1.165) is 22.3 Å². The Hall–Kier alpha value is -1.94. The Kier molecular flexibility index (Phi) is 3.20. The first kappa shape index (κ1) is 14.6. The van der Waals surface area contributed by atoms with Crippen LogP contribution in [0.3, 0.4) is 0 Å². The quantitative estimate of drug-likeness (QED) is 0.570. The summed E-state index contributed by atoms with van der Waals surface area (Å²) < 4.78 is 16.2. The summed E-state index contributed by atoms with van der Waals surface area (Å²) in [5.41, 5.74) is 5.78. The Bertz CT molecular complexity index is 894. The topological polar surface area (TPSA) is 17.8 Å². The highest BCUT2D eigenvalue weighted by Gasteiger charge is 2.33. The molecule has 1 aliphatic carbocycles. The standard InChI is InChI=1S/C19H16BrFN2/c1-19(2)10-12-11-22-23(15-6-4-14(21)5-7-15)18(12)16-9-13(20)3-8-17(16)19/h3-9,11H,10H2,1-2H3. The first-order valence-electron chi connectivity index (χ1n) is 7.59. The molecule has 0 amide bonds. The second-order valence-electron chi connectivity index (χ2n) is 6.66. The molecule has 0 saturated carbocycles. The van der Waals surface area contributed by atoms with E-state index in [1.54, 1.807) is 12.1 Å². The van der Waals surface area contributed by atoms with Crippen LogP contribution in [0.2, 0.25) is 0 Å². The number of rotatable bonds is 1. The van der Waals surface area contributed by atoms with Crippen molar-refractivity contribution < 1.29 is 4.39 Å². The van der Waals surface area contributed by atoms with Gasteiger partial charge in [-0.15, -0.1) is 0 Å². The summed E-state index contributed by atoms with van der Waals surface area (Å²) in [5, 5.41) is 4.57. The highest BCUT2D eigenvalue weighted by Crippen LogP contribution is 2.44. The molecular weight excluding hydrogens is 355 g/mol. The average Bonchev–Trinajstić information content (AvgIpc) is 2.90. The van der Waals surface area contributed by atoms with Crippen LogP contribution in [0.25, 0.3) is 16.9 Å². The molecule has 0 bridgehead atoms. The van der Waals surface area contributed by atoms with Gasteiger partial charge in [0.15, 0.2) is 0 Å². The van der Waals surface area contributed by atoms with Gasteiger partial charge in [-0.2, -0.15) is 5.10 Å². The molecule has 1 heterocycles. The SMILES string of the molecule is CC1(C)Cc2cnn(-c3ccc(F)cc3)c2-c2cc(Br)ccc21. The van der Waals surface area contributed by atoms with E-state index in [9.17, 15) is 4.39 Å². The van der Waals surface area contributed by atoms with E-state index in [0.29, 0.717) is 0 Å². The Morgan fingerprint density at radius 1 is 1.13 bits per heavy atom. The number of nitrogens with zero attached hydrogens (tertiary/aromatic N) is 2. The van der Waals surface area contributed by atoms with E-state index in [-0.39, 0.29) is 11.2 Å². The number of hydrogen-bond acceptors (Lipinski definition) is 1. The van der Waals surface area contributed by atoms with Gasteiger partial charge in [0.1, 0.15) is 5.82 Å². The molecule has 3 aromatic rings. The number of benzene rings is 2. The molecule has 116 valence electrons. The molecule has 0 unspecified atom stereocenters. The second-order valence-corrected chi connectivity index (χ2v) is 7.57. The van der Waals surface area contributed by atoms with Crippen LogP contribution in [-0.4, -0.2) is 9.78 Å². The number of fused-ring (bicyclic) bond motifs is 3. The minimum absolute atomic E-state index is 0.0691. The lowest BCUT2D eigenvalue weighted by molar-refractivity contribution is 0.516. The van der Waals surface area contributed by atoms with Gasteiger partial charge in [0.05, 0.1) is 17.6 Å². The lowest BCUT2D eigenvalue weighted by atomic mass is 9.72. The zero-order valence-corrected chi connectivity index (χ0v) is 14.6. The third-order valence-corrected chi connectivity index (χ3v) is 5.01. The van der Waals surface area contributed by atoms with Gasteiger partial charge < -0.3 is 0 Å². The molecule has 2 nitrogen and oxygen atoms in total. The highest BCUT2D eigenvalue weighted by atomic mass is 79.9. The van der Waals surface area contributed by atoms with Crippen molar-refractivity contribution in [3.05, 3.63) is 70.1 Å². The van der Waals surface area contributed by atoms with Crippen molar-refractivity contribution in [3.8, 4) is 16.9 Å². The van der Waals surface area contributed by atoms with Crippen molar-refractivity contribution in [2.24, 2.45) is 0 Å². The Balaban J connectivity index is 1.98. The summed E-state index contributed by atoms with van der Waals surface area (Å²) in [5.74, 6) is -0.237. The zero-order chi connectivity index (χ0) is 16.2. The van der Waals surface area contributed by atoms with Crippen LogP contribution in [0.4, 0.5) is 4.39 Å². The summed E-state index contributed by atoms with van der Waals surface area (Å²) in [6.45, 7) is 4.52. The van der Waals surface area contributed by atoms with Crippen LogP contribution in [-0.2, 0) is 11.8 Å². The minimum Gasteiger partial charge on any atom is -0.233 e. The van der Waals surface area contributed by atoms with E-state index in [4.69, 9.17) is 0 Å². The molecule has 0 aliphatic heterocycles. The fourth-order valence-corrected chi connectivity index (χ4v) is 3.81. The van der Waals surface area contributed by atoms with Crippen molar-refractivity contribution in [1.29, 1.82) is 0 Å². The summed E-state index contributed by atoms with van der Waals surface area (Å²) in [6, 6.07) is 12.9. The molecule has 4 heteroatoms. The predicted octanol–water partition coefficient (Wildman–Crippen LogP) is 5.27. The molecular formula is C19H16BrFN2. The largest absolute Gasteiger partial charge is 0.233 e. The molecule has 0 N–H and O–H groups in total. The lowest BCUT2D eigenvalue weighted by Gasteiger charge is -2.33. The van der Waals surface area contributed by atoms with Crippen molar-refractivity contribution in [3.63, 3.8) is 0 Å². The van der Waals surface area contributed by atoms with Gasteiger partial charge in [-0.25, -0.2) is 9.07 Å². The van der Waals surface area contributed by atoms with Crippen LogP contribution in [0.5, 0.6) is 0 Å². The zero-order valence-electron chi connectivity index (χ0n) is 13.0. The second kappa shape index (κ2) is 5.03. The Labute approximate surface area is 143 Å². The minimum atomic E-state index is -0.237. The predicted molar refractivity (Wildman–Crippen MR) is 93.4 cm³/mol. The molecule has 0 atom stereocenters. The van der Waals surface area contributed by atoms with Crippen molar-refractivity contribution in [2.45, 2.75) is 25.7 Å². The number of halogens is 2. The van der Waals surface area contributed by atoms with E-state index >= 15 is 0 Å². The molecule has 2 aromatic carbocycles. The third-order valence-electron chi connectivity index (χ3n) is 4.51. The average molecular weight is 371 g/mol. The monoisotopic (exact) mass is 370 g/mol. The first-order valence-corrected chi connectivity index (χ1v) is 8.38. The molecule has 0 saturated heterocycles. The number of aromatic nitrogens is 2.